The Bertz CT molecular complexity index is 1780. The van der Waals surface area contributed by atoms with Crippen LogP contribution in [0.5, 0.6) is 0 Å². The lowest BCUT2D eigenvalue weighted by Gasteiger charge is -2.12. The van der Waals surface area contributed by atoms with Crippen LogP contribution in [-0.4, -0.2) is 23.9 Å². The van der Waals surface area contributed by atoms with Crippen LogP contribution in [0.25, 0.3) is 21.7 Å². The first-order chi connectivity index (χ1) is 17.9. The Morgan fingerprint density at radius 3 is 2.65 bits per heavy atom. The van der Waals surface area contributed by atoms with Gasteiger partial charge in [0.2, 0.25) is 0 Å². The fraction of sp³-hybridized carbons (Fsp3) is 0.0741. The van der Waals surface area contributed by atoms with Gasteiger partial charge < -0.3 is 15.3 Å². The van der Waals surface area contributed by atoms with E-state index in [1.54, 1.807) is 73.2 Å². The summed E-state index contributed by atoms with van der Waals surface area (Å²) in [7, 11) is -2.06. The molecule has 10 heteroatoms. The number of benzene rings is 3. The zero-order chi connectivity index (χ0) is 26.0. The number of aryl methyl sites for hydroxylation is 1. The van der Waals surface area contributed by atoms with Crippen molar-refractivity contribution in [2.75, 3.05) is 5.43 Å². The van der Waals surface area contributed by atoms with Crippen LogP contribution in [0.3, 0.4) is 0 Å². The highest BCUT2D eigenvalue weighted by Crippen LogP contribution is 2.25. The largest absolute Gasteiger partial charge is 0.350 e. The molecular weight excluding hydrogens is 488 g/mol. The van der Waals surface area contributed by atoms with Crippen LogP contribution in [0.4, 0.5) is 5.69 Å². The number of fused-ring (bicyclic) bond motifs is 2. The van der Waals surface area contributed by atoms with E-state index in [0.29, 0.717) is 39.5 Å². The van der Waals surface area contributed by atoms with Gasteiger partial charge in [0.1, 0.15) is 0 Å². The highest BCUT2D eigenvalue weighted by atomic mass is 32.2. The Hall–Kier alpha value is -4.72. The Morgan fingerprint density at radius 1 is 1.05 bits per heavy atom. The number of hydrogen-bond acceptors (Lipinski definition) is 6. The predicted molar refractivity (Wildman–Crippen MR) is 141 cm³/mol. The van der Waals surface area contributed by atoms with Crippen molar-refractivity contribution in [2.45, 2.75) is 11.4 Å². The maximum Gasteiger partial charge on any atom is 0.257 e. The molecule has 0 bridgehead atoms. The number of carbonyl (C=O) groups excluding carboxylic acids is 1. The van der Waals surface area contributed by atoms with Crippen LogP contribution in [0.1, 0.15) is 21.5 Å². The molecule has 5 aromatic rings. The van der Waals surface area contributed by atoms with Crippen LogP contribution in [0.15, 0.2) is 90.2 Å². The lowest BCUT2D eigenvalue weighted by atomic mass is 10.1. The van der Waals surface area contributed by atoms with Gasteiger partial charge in [-0.1, -0.05) is 24.3 Å². The van der Waals surface area contributed by atoms with Gasteiger partial charge >= 0.3 is 0 Å². The van der Waals surface area contributed by atoms with Gasteiger partial charge in [-0.3, -0.25) is 9.78 Å². The molecule has 9 nitrogen and oxygen atoms in total. The third-order valence-electron chi connectivity index (χ3n) is 6.03. The van der Waals surface area contributed by atoms with E-state index in [9.17, 15) is 13.2 Å². The molecule has 0 saturated heterocycles. The highest BCUT2D eigenvalue weighted by Gasteiger charge is 2.18. The normalized spacial score (nSPS) is 11.4. The smallest absolute Gasteiger partial charge is 0.257 e. The third-order valence-corrected chi connectivity index (χ3v) is 7.34. The number of nitriles is 1. The Morgan fingerprint density at radius 2 is 1.86 bits per heavy atom. The van der Waals surface area contributed by atoms with Crippen molar-refractivity contribution in [1.29, 1.82) is 5.26 Å². The minimum Gasteiger partial charge on any atom is -0.350 e. The van der Waals surface area contributed by atoms with Crippen molar-refractivity contribution in [3.05, 3.63) is 102 Å². The van der Waals surface area contributed by atoms with Crippen molar-refractivity contribution in [1.82, 2.24) is 19.7 Å². The van der Waals surface area contributed by atoms with Crippen molar-refractivity contribution in [2.24, 2.45) is 7.05 Å². The first-order valence-electron chi connectivity index (χ1n) is 11.3. The minimum absolute atomic E-state index is 0.128. The topological polar surface area (TPSA) is 129 Å². The van der Waals surface area contributed by atoms with E-state index in [1.165, 1.54) is 6.07 Å². The van der Waals surface area contributed by atoms with Crippen LogP contribution in [0, 0.1) is 11.3 Å². The second-order valence-electron chi connectivity index (χ2n) is 8.46. The molecule has 0 atom stereocenters. The van der Waals surface area contributed by atoms with E-state index in [-0.39, 0.29) is 10.8 Å². The number of rotatable bonds is 7. The zero-order valence-corrected chi connectivity index (χ0v) is 20.6. The van der Waals surface area contributed by atoms with E-state index in [4.69, 9.17) is 5.26 Å². The SMILES string of the molecule is Cn1cc(C(=O)NCc2ccc(C#N)cc2)c2cc(NNS(=O)(=O)c3cccc4cnccc34)ccc21. The summed E-state index contributed by atoms with van der Waals surface area (Å²) in [4.78, 5) is 19.6. The average molecular weight is 511 g/mol. The molecule has 0 saturated carbocycles. The van der Waals surface area contributed by atoms with Crippen molar-refractivity contribution < 1.29 is 13.2 Å². The number of pyridine rings is 1. The fourth-order valence-electron chi connectivity index (χ4n) is 4.13. The highest BCUT2D eigenvalue weighted by molar-refractivity contribution is 7.89. The number of aromatic nitrogens is 2. The maximum absolute atomic E-state index is 13.0. The molecule has 0 unspecified atom stereocenters. The van der Waals surface area contributed by atoms with Crippen molar-refractivity contribution in [3.63, 3.8) is 0 Å². The predicted octanol–water partition coefficient (Wildman–Crippen LogP) is 3.83. The molecule has 0 spiro atoms. The molecule has 0 fully saturated rings. The molecule has 0 aliphatic rings. The summed E-state index contributed by atoms with van der Waals surface area (Å²) in [6.07, 6.45) is 4.89. The lowest BCUT2D eigenvalue weighted by molar-refractivity contribution is 0.0952. The molecular formula is C27H22N6O3S. The Kier molecular flexibility index (Phi) is 6.31. The molecule has 184 valence electrons. The number of anilines is 1. The molecule has 0 aliphatic heterocycles. The van der Waals surface area contributed by atoms with Crippen LogP contribution in [0.2, 0.25) is 0 Å². The number of hydrazine groups is 1. The summed E-state index contributed by atoms with van der Waals surface area (Å²) in [6.45, 7) is 0.305. The second kappa shape index (κ2) is 9.73. The Balaban J connectivity index is 1.35. The van der Waals surface area contributed by atoms with Crippen LogP contribution < -0.4 is 15.6 Å². The number of hydrogen-bond donors (Lipinski definition) is 3. The first-order valence-corrected chi connectivity index (χ1v) is 12.8. The molecule has 5 rings (SSSR count). The average Bonchev–Trinajstić information content (AvgIpc) is 3.26. The fourth-order valence-corrected chi connectivity index (χ4v) is 5.23. The van der Waals surface area contributed by atoms with Gasteiger partial charge in [-0.05, 0) is 48.0 Å². The van der Waals surface area contributed by atoms with E-state index in [0.717, 1.165) is 11.1 Å². The number of carbonyl (C=O) groups is 1. The van der Waals surface area contributed by atoms with E-state index in [2.05, 4.69) is 26.6 Å². The quantitative estimate of drug-likeness (QED) is 0.286. The third kappa shape index (κ3) is 4.86. The van der Waals surface area contributed by atoms with Gasteiger partial charge in [0.25, 0.3) is 15.9 Å². The van der Waals surface area contributed by atoms with Gasteiger partial charge in [-0.2, -0.15) is 5.26 Å². The second-order valence-corrected chi connectivity index (χ2v) is 10.1. The standard InChI is InChI=1S/C27H22N6O3S/c1-33-17-24(27(34)30-15-19-7-5-18(14-28)6-8-19)23-13-21(9-10-25(23)33)31-32-37(35,36)26-4-2-3-20-16-29-12-11-22(20)26/h2-13,16-17,31-32H,15H2,1H3,(H,30,34). The van der Waals surface area contributed by atoms with Crippen molar-refractivity contribution in [3.8, 4) is 6.07 Å². The number of amides is 1. The van der Waals surface area contributed by atoms with Crippen LogP contribution >= 0.6 is 0 Å². The van der Waals surface area contributed by atoms with E-state index >= 15 is 0 Å². The molecule has 1 amide bonds. The van der Waals surface area contributed by atoms with Gasteiger partial charge in [-0.25, -0.2) is 8.42 Å². The molecule has 37 heavy (non-hydrogen) atoms. The summed E-state index contributed by atoms with van der Waals surface area (Å²) >= 11 is 0. The van der Waals surface area contributed by atoms with Gasteiger partial charge in [-0.15, -0.1) is 4.83 Å². The van der Waals surface area contributed by atoms with Gasteiger partial charge in [0.15, 0.2) is 0 Å². The summed E-state index contributed by atoms with van der Waals surface area (Å²) in [5.74, 6) is -0.267. The zero-order valence-electron chi connectivity index (χ0n) is 19.8. The summed E-state index contributed by atoms with van der Waals surface area (Å²) < 4.78 is 27.9. The molecule has 0 radical (unpaired) electrons. The maximum atomic E-state index is 13.0. The summed E-state index contributed by atoms with van der Waals surface area (Å²) in [6, 6.07) is 21.0. The van der Waals surface area contributed by atoms with E-state index in [1.807, 2.05) is 17.7 Å². The first kappa shape index (κ1) is 24.0. The monoisotopic (exact) mass is 510 g/mol. The van der Waals surface area contributed by atoms with Crippen LogP contribution in [-0.2, 0) is 23.6 Å². The molecule has 2 heterocycles. The summed E-state index contributed by atoms with van der Waals surface area (Å²) in [5.41, 5.74) is 5.94. The van der Waals surface area contributed by atoms with Gasteiger partial charge in [0, 0.05) is 53.9 Å². The van der Waals surface area contributed by atoms with Crippen molar-refractivity contribution >= 4 is 43.3 Å². The Labute approximate surface area is 213 Å². The number of sulfonamides is 1. The van der Waals surface area contributed by atoms with E-state index < -0.39 is 10.0 Å². The summed E-state index contributed by atoms with van der Waals surface area (Å²) in [5, 5.41) is 13.8. The molecule has 0 aliphatic carbocycles. The molecule has 3 aromatic carbocycles. The number of nitrogens with one attached hydrogen (secondary N) is 3. The molecule has 2 aromatic heterocycles. The molecule has 3 N–H and O–H groups in total. The number of nitrogens with zero attached hydrogens (tertiary/aromatic N) is 3. The minimum atomic E-state index is -3.90. The lowest BCUT2D eigenvalue weighted by Crippen LogP contribution is -2.29. The van der Waals surface area contributed by atoms with Gasteiger partial charge in [0.05, 0.1) is 27.8 Å².